The van der Waals surface area contributed by atoms with Gasteiger partial charge in [0.1, 0.15) is 0 Å². The van der Waals surface area contributed by atoms with Gasteiger partial charge in [0.2, 0.25) is 5.91 Å². The number of likely N-dealkylation sites (N-methyl/N-ethyl adjacent to an activating group) is 2. The van der Waals surface area contributed by atoms with E-state index in [0.29, 0.717) is 18.5 Å². The number of rotatable bonds is 3. The first kappa shape index (κ1) is 13.8. The second-order valence-electron chi connectivity index (χ2n) is 5.58. The number of hydrogen-bond donors (Lipinski definition) is 1. The predicted molar refractivity (Wildman–Crippen MR) is 72.6 cm³/mol. The summed E-state index contributed by atoms with van der Waals surface area (Å²) >= 11 is 0. The average Bonchev–Trinajstić information content (AvgIpc) is 2.40. The van der Waals surface area contributed by atoms with Crippen LogP contribution in [0, 0.1) is 0 Å². The summed E-state index contributed by atoms with van der Waals surface area (Å²) in [5, 5.41) is 3.36. The molecule has 5 nitrogen and oxygen atoms in total. The Morgan fingerprint density at radius 1 is 1.22 bits per heavy atom. The maximum absolute atomic E-state index is 12.2. The molecule has 2 aliphatic heterocycles. The van der Waals surface area contributed by atoms with E-state index in [-0.39, 0.29) is 0 Å². The Balaban J connectivity index is 1.75. The molecule has 2 rings (SSSR count). The van der Waals surface area contributed by atoms with Crippen LogP contribution in [0.15, 0.2) is 0 Å². The van der Waals surface area contributed by atoms with Crippen LogP contribution in [0.5, 0.6) is 0 Å². The Labute approximate surface area is 110 Å². The summed E-state index contributed by atoms with van der Waals surface area (Å²) in [7, 11) is 4.20. The van der Waals surface area contributed by atoms with Crippen molar-refractivity contribution >= 4 is 5.91 Å². The summed E-state index contributed by atoms with van der Waals surface area (Å²) < 4.78 is 0. The Kier molecular flexibility index (Phi) is 4.97. The van der Waals surface area contributed by atoms with Crippen molar-refractivity contribution in [2.24, 2.45) is 0 Å². The third kappa shape index (κ3) is 3.67. The summed E-state index contributed by atoms with van der Waals surface area (Å²) in [6.07, 6.45) is 2.32. The largest absolute Gasteiger partial charge is 0.339 e. The van der Waals surface area contributed by atoms with E-state index in [4.69, 9.17) is 0 Å². The molecular weight excluding hydrogens is 228 g/mol. The zero-order valence-corrected chi connectivity index (χ0v) is 11.7. The summed E-state index contributed by atoms with van der Waals surface area (Å²) in [6.45, 7) is 6.51. The third-order valence-corrected chi connectivity index (χ3v) is 4.17. The lowest BCUT2D eigenvalue weighted by Gasteiger charge is -2.36. The molecule has 0 saturated carbocycles. The van der Waals surface area contributed by atoms with Crippen LogP contribution in [0.1, 0.15) is 12.8 Å². The van der Waals surface area contributed by atoms with Gasteiger partial charge < -0.3 is 15.1 Å². The maximum atomic E-state index is 12.2. The average molecular weight is 254 g/mol. The second kappa shape index (κ2) is 6.50. The van der Waals surface area contributed by atoms with Crippen LogP contribution in [0.3, 0.4) is 0 Å². The lowest BCUT2D eigenvalue weighted by molar-refractivity contribution is -0.134. The predicted octanol–water partition coefficient (Wildman–Crippen LogP) is -0.556. The van der Waals surface area contributed by atoms with E-state index < -0.39 is 0 Å². The first-order chi connectivity index (χ1) is 8.66. The first-order valence-electron chi connectivity index (χ1n) is 7.04. The van der Waals surface area contributed by atoms with E-state index in [1.165, 1.54) is 0 Å². The number of carbonyl (C=O) groups excluding carboxylic acids is 1. The molecule has 0 aliphatic carbocycles. The highest BCUT2D eigenvalue weighted by molar-refractivity contribution is 5.78. The number of nitrogens with one attached hydrogen (secondary N) is 1. The molecule has 1 N–H and O–H groups in total. The van der Waals surface area contributed by atoms with Crippen LogP contribution in [-0.4, -0.2) is 86.6 Å². The van der Waals surface area contributed by atoms with Gasteiger partial charge in [-0.15, -0.1) is 0 Å². The molecule has 0 spiro atoms. The van der Waals surface area contributed by atoms with Gasteiger partial charge in [-0.2, -0.15) is 0 Å². The zero-order chi connectivity index (χ0) is 13.0. The summed E-state index contributed by atoms with van der Waals surface area (Å²) in [5.74, 6) is 0.295. The Morgan fingerprint density at radius 3 is 2.44 bits per heavy atom. The fourth-order valence-corrected chi connectivity index (χ4v) is 2.75. The van der Waals surface area contributed by atoms with Gasteiger partial charge in [0.05, 0.1) is 6.54 Å². The number of piperazine rings is 1. The third-order valence-electron chi connectivity index (χ3n) is 4.17. The van der Waals surface area contributed by atoms with Crippen molar-refractivity contribution in [1.82, 2.24) is 20.0 Å². The first-order valence-corrected chi connectivity index (χ1v) is 7.04. The van der Waals surface area contributed by atoms with Crippen LogP contribution < -0.4 is 5.32 Å². The van der Waals surface area contributed by atoms with E-state index in [1.807, 2.05) is 4.90 Å². The molecule has 2 heterocycles. The van der Waals surface area contributed by atoms with Crippen LogP contribution >= 0.6 is 0 Å². The van der Waals surface area contributed by atoms with Gasteiger partial charge in [-0.05, 0) is 40.0 Å². The normalized spacial score (nSPS) is 23.6. The maximum Gasteiger partial charge on any atom is 0.236 e. The van der Waals surface area contributed by atoms with E-state index in [0.717, 1.165) is 52.1 Å². The fourth-order valence-electron chi connectivity index (χ4n) is 2.75. The molecular formula is C13H26N4O. The van der Waals surface area contributed by atoms with Crippen molar-refractivity contribution in [2.45, 2.75) is 18.9 Å². The highest BCUT2D eigenvalue weighted by Crippen LogP contribution is 2.10. The lowest BCUT2D eigenvalue weighted by Crippen LogP contribution is -2.51. The Hall–Kier alpha value is -0.650. The minimum Gasteiger partial charge on any atom is -0.339 e. The van der Waals surface area contributed by atoms with Gasteiger partial charge in [-0.3, -0.25) is 9.69 Å². The minimum atomic E-state index is 0.295. The number of hydrogen-bond acceptors (Lipinski definition) is 4. The summed E-state index contributed by atoms with van der Waals surface area (Å²) in [6, 6.07) is 0.572. The van der Waals surface area contributed by atoms with E-state index in [2.05, 4.69) is 29.2 Å². The van der Waals surface area contributed by atoms with Crippen LogP contribution in [0.4, 0.5) is 0 Å². The van der Waals surface area contributed by atoms with Gasteiger partial charge in [0.15, 0.2) is 0 Å². The lowest BCUT2D eigenvalue weighted by atomic mass is 10.1. The molecule has 18 heavy (non-hydrogen) atoms. The van der Waals surface area contributed by atoms with E-state index in [1.54, 1.807) is 0 Å². The molecule has 0 aromatic heterocycles. The van der Waals surface area contributed by atoms with Crippen molar-refractivity contribution in [3.05, 3.63) is 0 Å². The summed E-state index contributed by atoms with van der Waals surface area (Å²) in [5.41, 5.74) is 0. The molecule has 104 valence electrons. The van der Waals surface area contributed by atoms with Crippen molar-refractivity contribution in [2.75, 3.05) is 59.9 Å². The van der Waals surface area contributed by atoms with Gasteiger partial charge in [0.25, 0.3) is 0 Å². The molecule has 0 aromatic carbocycles. The zero-order valence-electron chi connectivity index (χ0n) is 11.7. The molecule has 5 heteroatoms. The molecule has 1 amide bonds. The molecule has 0 unspecified atom stereocenters. The molecule has 2 fully saturated rings. The van der Waals surface area contributed by atoms with Crippen molar-refractivity contribution in [1.29, 1.82) is 0 Å². The van der Waals surface area contributed by atoms with Crippen molar-refractivity contribution in [3.63, 3.8) is 0 Å². The standard InChI is InChI=1S/C13H26N4O/c1-15-7-9-17(10-8-15)13(18)11-16(2)12-3-5-14-6-4-12/h12,14H,3-11H2,1-2H3. The van der Waals surface area contributed by atoms with Gasteiger partial charge in [0, 0.05) is 32.2 Å². The van der Waals surface area contributed by atoms with Crippen molar-refractivity contribution < 1.29 is 4.79 Å². The molecule has 0 aromatic rings. The molecule has 2 aliphatic rings. The number of nitrogens with zero attached hydrogens (tertiary/aromatic N) is 3. The number of amides is 1. The highest BCUT2D eigenvalue weighted by Gasteiger charge is 2.23. The molecule has 0 atom stereocenters. The topological polar surface area (TPSA) is 38.8 Å². The monoisotopic (exact) mass is 254 g/mol. The smallest absolute Gasteiger partial charge is 0.236 e. The number of carbonyl (C=O) groups is 1. The van der Waals surface area contributed by atoms with Gasteiger partial charge in [-0.1, -0.05) is 0 Å². The minimum absolute atomic E-state index is 0.295. The van der Waals surface area contributed by atoms with E-state index in [9.17, 15) is 4.79 Å². The van der Waals surface area contributed by atoms with Crippen LogP contribution in [0.25, 0.3) is 0 Å². The van der Waals surface area contributed by atoms with E-state index >= 15 is 0 Å². The van der Waals surface area contributed by atoms with Gasteiger partial charge >= 0.3 is 0 Å². The van der Waals surface area contributed by atoms with Crippen LogP contribution in [0.2, 0.25) is 0 Å². The summed E-state index contributed by atoms with van der Waals surface area (Å²) in [4.78, 5) is 18.7. The Morgan fingerprint density at radius 2 is 1.83 bits per heavy atom. The fraction of sp³-hybridized carbons (Fsp3) is 0.923. The number of piperidine rings is 1. The SMILES string of the molecule is CN1CCN(C(=O)CN(C)C2CCNCC2)CC1. The highest BCUT2D eigenvalue weighted by atomic mass is 16.2. The quantitative estimate of drug-likeness (QED) is 0.733. The molecule has 2 saturated heterocycles. The Bertz CT molecular complexity index is 270. The van der Waals surface area contributed by atoms with Crippen LogP contribution in [-0.2, 0) is 4.79 Å². The van der Waals surface area contributed by atoms with Gasteiger partial charge in [-0.25, -0.2) is 0 Å². The molecule has 0 bridgehead atoms. The second-order valence-corrected chi connectivity index (χ2v) is 5.58. The molecule has 0 radical (unpaired) electrons. The van der Waals surface area contributed by atoms with Crippen molar-refractivity contribution in [3.8, 4) is 0 Å².